The number of hydrogen-bond donors (Lipinski definition) is 1. The van der Waals surface area contributed by atoms with Gasteiger partial charge in [-0.2, -0.15) is 5.06 Å². The van der Waals surface area contributed by atoms with Crippen molar-refractivity contribution in [1.29, 1.82) is 0 Å². The van der Waals surface area contributed by atoms with Crippen LogP contribution < -0.4 is 0 Å². The summed E-state index contributed by atoms with van der Waals surface area (Å²) < 4.78 is 0. The summed E-state index contributed by atoms with van der Waals surface area (Å²) in [6, 6.07) is 0. The van der Waals surface area contributed by atoms with Crippen LogP contribution in [0.4, 0.5) is 0 Å². The van der Waals surface area contributed by atoms with Crippen LogP contribution in [0.15, 0.2) is 0 Å². The third-order valence-corrected chi connectivity index (χ3v) is 5.94. The summed E-state index contributed by atoms with van der Waals surface area (Å²) in [7, 11) is 0. The Labute approximate surface area is 116 Å². The Morgan fingerprint density at radius 3 is 1.63 bits per heavy atom. The number of nitrogens with zero attached hydrogens (tertiary/aromatic N) is 1. The fourth-order valence-corrected chi connectivity index (χ4v) is 5.07. The van der Waals surface area contributed by atoms with E-state index >= 15 is 0 Å². The first-order valence-electron chi connectivity index (χ1n) is 8.15. The molecule has 0 bridgehead atoms. The van der Waals surface area contributed by atoms with Gasteiger partial charge < -0.3 is 10.0 Å². The second-order valence-electron chi connectivity index (χ2n) is 7.19. The van der Waals surface area contributed by atoms with Crippen molar-refractivity contribution in [2.45, 2.75) is 88.1 Å². The van der Waals surface area contributed by atoms with E-state index in [0.717, 1.165) is 38.5 Å². The normalized spacial score (nSPS) is 34.5. The van der Waals surface area contributed by atoms with Crippen molar-refractivity contribution in [2.75, 3.05) is 0 Å². The molecule has 1 saturated heterocycles. The summed E-state index contributed by atoms with van der Waals surface area (Å²) in [5, 5.41) is 12.8. The zero-order valence-corrected chi connectivity index (χ0v) is 11.9. The van der Waals surface area contributed by atoms with Gasteiger partial charge in [0.25, 0.3) is 0 Å². The van der Waals surface area contributed by atoms with Gasteiger partial charge in [-0.05, 0) is 38.5 Å². The Hall–Kier alpha value is -0.410. The van der Waals surface area contributed by atoms with Crippen LogP contribution in [0.5, 0.6) is 0 Å². The second kappa shape index (κ2) is 5.17. The molecule has 108 valence electrons. The zero-order valence-electron chi connectivity index (χ0n) is 11.9. The molecule has 2 spiro atoms. The Balaban J connectivity index is 1.89. The quantitative estimate of drug-likeness (QED) is 0.735. The van der Waals surface area contributed by atoms with E-state index in [1.54, 1.807) is 5.06 Å². The van der Waals surface area contributed by atoms with Crippen LogP contribution in [0.1, 0.15) is 77.0 Å². The molecule has 1 N–H and O–H groups in total. The van der Waals surface area contributed by atoms with Crippen LogP contribution in [0.25, 0.3) is 0 Å². The van der Waals surface area contributed by atoms with Crippen molar-refractivity contribution >= 4 is 6.29 Å². The molecule has 1 heterocycles. The van der Waals surface area contributed by atoms with E-state index in [9.17, 15) is 10.0 Å². The largest absolute Gasteiger partial charge is 0.313 e. The van der Waals surface area contributed by atoms with Crippen molar-refractivity contribution in [1.82, 2.24) is 5.06 Å². The van der Waals surface area contributed by atoms with Crippen LogP contribution in [-0.2, 0) is 4.79 Å². The highest BCUT2D eigenvalue weighted by atomic mass is 16.5. The van der Waals surface area contributed by atoms with E-state index < -0.39 is 0 Å². The number of carbonyl (C=O) groups excluding carboxylic acids is 1. The monoisotopic (exact) mass is 265 g/mol. The average molecular weight is 265 g/mol. The fraction of sp³-hybridized carbons (Fsp3) is 0.938. The molecule has 0 unspecified atom stereocenters. The third-order valence-electron chi connectivity index (χ3n) is 5.94. The molecular formula is C16H27NO2. The highest BCUT2D eigenvalue weighted by Gasteiger charge is 2.54. The van der Waals surface area contributed by atoms with Gasteiger partial charge in [-0.3, -0.25) is 0 Å². The van der Waals surface area contributed by atoms with Crippen molar-refractivity contribution in [3.63, 3.8) is 0 Å². The van der Waals surface area contributed by atoms with E-state index in [0.29, 0.717) is 0 Å². The van der Waals surface area contributed by atoms with Gasteiger partial charge in [0.05, 0.1) is 0 Å². The number of aldehydes is 1. The van der Waals surface area contributed by atoms with Crippen LogP contribution in [0.2, 0.25) is 0 Å². The number of piperidine rings is 1. The maximum atomic E-state index is 11.4. The van der Waals surface area contributed by atoms with E-state index in [1.807, 2.05) is 0 Å². The number of rotatable bonds is 1. The molecule has 3 rings (SSSR count). The van der Waals surface area contributed by atoms with Crippen LogP contribution in [0.3, 0.4) is 0 Å². The molecule has 1 aliphatic heterocycles. The molecule has 3 fully saturated rings. The molecule has 0 atom stereocenters. The van der Waals surface area contributed by atoms with Gasteiger partial charge in [-0.1, -0.05) is 38.5 Å². The zero-order chi connectivity index (χ0) is 13.3. The van der Waals surface area contributed by atoms with Gasteiger partial charge in [-0.15, -0.1) is 0 Å². The lowest BCUT2D eigenvalue weighted by Gasteiger charge is -2.58. The van der Waals surface area contributed by atoms with Crippen molar-refractivity contribution < 1.29 is 10.0 Å². The predicted octanol–water partition coefficient (Wildman–Crippen LogP) is 3.69. The molecule has 0 aromatic rings. The van der Waals surface area contributed by atoms with Gasteiger partial charge >= 0.3 is 0 Å². The Morgan fingerprint density at radius 2 is 1.26 bits per heavy atom. The fourth-order valence-electron chi connectivity index (χ4n) is 5.07. The average Bonchev–Trinajstić information content (AvgIpc) is 2.46. The van der Waals surface area contributed by atoms with Crippen molar-refractivity contribution in [3.8, 4) is 0 Å². The Morgan fingerprint density at radius 1 is 0.842 bits per heavy atom. The molecule has 3 nitrogen and oxygen atoms in total. The van der Waals surface area contributed by atoms with E-state index in [-0.39, 0.29) is 17.0 Å². The van der Waals surface area contributed by atoms with Gasteiger partial charge in [0, 0.05) is 17.0 Å². The summed E-state index contributed by atoms with van der Waals surface area (Å²) in [5.41, 5.74) is -0.168. The first kappa shape index (κ1) is 13.6. The lowest BCUT2D eigenvalue weighted by atomic mass is 9.64. The predicted molar refractivity (Wildman–Crippen MR) is 74.0 cm³/mol. The minimum Gasteiger partial charge on any atom is -0.313 e. The Bertz CT molecular complexity index is 302. The van der Waals surface area contributed by atoms with E-state index in [1.165, 1.54) is 44.8 Å². The molecule has 0 aromatic carbocycles. The molecule has 19 heavy (non-hydrogen) atoms. The van der Waals surface area contributed by atoms with E-state index in [4.69, 9.17) is 0 Å². The first-order valence-corrected chi connectivity index (χ1v) is 8.15. The molecular weight excluding hydrogens is 238 g/mol. The van der Waals surface area contributed by atoms with Gasteiger partial charge in [-0.25, -0.2) is 0 Å². The SMILES string of the molecule is O=CC1CC2(CCCCC2)N(O)C2(CCCCC2)C1. The lowest BCUT2D eigenvalue weighted by molar-refractivity contribution is -0.283. The molecule has 3 heteroatoms. The number of hydrogen-bond acceptors (Lipinski definition) is 3. The summed E-state index contributed by atoms with van der Waals surface area (Å²) in [5.74, 6) is 0.166. The van der Waals surface area contributed by atoms with Crippen molar-refractivity contribution in [2.24, 2.45) is 5.92 Å². The summed E-state index contributed by atoms with van der Waals surface area (Å²) in [4.78, 5) is 11.4. The second-order valence-corrected chi connectivity index (χ2v) is 7.19. The maximum absolute atomic E-state index is 11.4. The van der Waals surface area contributed by atoms with Crippen LogP contribution >= 0.6 is 0 Å². The Kier molecular flexibility index (Phi) is 3.69. The number of hydroxylamine groups is 2. The molecule has 0 radical (unpaired) electrons. The molecule has 0 amide bonds. The highest BCUT2D eigenvalue weighted by molar-refractivity contribution is 5.54. The van der Waals surface area contributed by atoms with Gasteiger partial charge in [0.1, 0.15) is 6.29 Å². The van der Waals surface area contributed by atoms with Crippen LogP contribution in [0, 0.1) is 5.92 Å². The molecule has 2 saturated carbocycles. The third kappa shape index (κ3) is 2.25. The highest BCUT2D eigenvalue weighted by Crippen LogP contribution is 2.51. The molecule has 0 aromatic heterocycles. The topological polar surface area (TPSA) is 40.5 Å². The minimum atomic E-state index is -0.0839. The van der Waals surface area contributed by atoms with E-state index in [2.05, 4.69) is 0 Å². The minimum absolute atomic E-state index is 0.0839. The number of carbonyl (C=O) groups is 1. The van der Waals surface area contributed by atoms with Crippen LogP contribution in [-0.4, -0.2) is 27.6 Å². The van der Waals surface area contributed by atoms with Gasteiger partial charge in [0.2, 0.25) is 0 Å². The first-order chi connectivity index (χ1) is 9.21. The molecule has 2 aliphatic carbocycles. The smallest absolute Gasteiger partial charge is 0.123 e. The molecule has 3 aliphatic rings. The van der Waals surface area contributed by atoms with Crippen molar-refractivity contribution in [3.05, 3.63) is 0 Å². The lowest BCUT2D eigenvalue weighted by Crippen LogP contribution is -2.65. The summed E-state index contributed by atoms with van der Waals surface area (Å²) in [6.07, 6.45) is 14.6. The maximum Gasteiger partial charge on any atom is 0.123 e. The summed E-state index contributed by atoms with van der Waals surface area (Å²) >= 11 is 0. The summed E-state index contributed by atoms with van der Waals surface area (Å²) in [6.45, 7) is 0. The van der Waals surface area contributed by atoms with Gasteiger partial charge in [0.15, 0.2) is 0 Å². The standard InChI is InChI=1S/C16H27NO2/c18-13-14-11-15(7-3-1-4-8-15)17(19)16(12-14)9-5-2-6-10-16/h13-14,19H,1-12H2.